The molecule has 0 radical (unpaired) electrons. The Labute approximate surface area is 71.6 Å². The molecule has 1 aromatic heterocycles. The summed E-state index contributed by atoms with van der Waals surface area (Å²) in [6, 6.07) is 5.92. The maximum absolute atomic E-state index is 5.68. The van der Waals surface area contributed by atoms with Gasteiger partial charge in [-0.25, -0.2) is 4.98 Å². The Balaban J connectivity index is 2.71. The molecule has 0 fully saturated rings. The number of aromatic nitrogens is 1. The van der Waals surface area contributed by atoms with Gasteiger partial charge < -0.3 is 5.32 Å². The maximum atomic E-state index is 5.68. The van der Waals surface area contributed by atoms with Crippen LogP contribution in [0, 0.1) is 0 Å². The molecule has 0 saturated heterocycles. The van der Waals surface area contributed by atoms with Crippen LogP contribution in [0.25, 0.3) is 0 Å². The van der Waals surface area contributed by atoms with Gasteiger partial charge in [0.2, 0.25) is 0 Å². The van der Waals surface area contributed by atoms with E-state index in [1.54, 1.807) is 6.07 Å². The summed E-state index contributed by atoms with van der Waals surface area (Å²) in [6.45, 7) is 4.12. The molecule has 0 aliphatic rings. The minimum Gasteiger partial charge on any atom is -0.368 e. The monoisotopic (exact) mass is 170 g/mol. The first-order valence-electron chi connectivity index (χ1n) is 3.57. The Morgan fingerprint density at radius 1 is 1.45 bits per heavy atom. The molecule has 0 saturated carbocycles. The Morgan fingerprint density at radius 2 is 2.18 bits per heavy atom. The summed E-state index contributed by atoms with van der Waals surface area (Å²) >= 11 is 5.68. The molecule has 11 heavy (non-hydrogen) atoms. The van der Waals surface area contributed by atoms with Gasteiger partial charge >= 0.3 is 0 Å². The summed E-state index contributed by atoms with van der Waals surface area (Å²) < 4.78 is 0. The summed E-state index contributed by atoms with van der Waals surface area (Å²) in [5.41, 5.74) is 0. The molecule has 0 aliphatic carbocycles. The van der Waals surface area contributed by atoms with Gasteiger partial charge in [-0.15, -0.1) is 0 Å². The molecule has 0 aromatic carbocycles. The molecule has 1 N–H and O–H groups in total. The van der Waals surface area contributed by atoms with Crippen molar-refractivity contribution in [2.45, 2.75) is 19.9 Å². The molecule has 0 spiro atoms. The summed E-state index contributed by atoms with van der Waals surface area (Å²) in [5, 5.41) is 3.67. The number of pyridine rings is 1. The maximum Gasteiger partial charge on any atom is 0.131 e. The Hall–Kier alpha value is -0.760. The van der Waals surface area contributed by atoms with E-state index in [2.05, 4.69) is 24.1 Å². The smallest absolute Gasteiger partial charge is 0.131 e. The highest BCUT2D eigenvalue weighted by Gasteiger charge is 1.95. The van der Waals surface area contributed by atoms with Crippen molar-refractivity contribution >= 4 is 17.4 Å². The number of hydrogen-bond acceptors (Lipinski definition) is 2. The topological polar surface area (TPSA) is 24.9 Å². The fourth-order valence-corrected chi connectivity index (χ4v) is 0.948. The SMILES string of the molecule is CC(C)Nc1cccc(Cl)n1. The standard InChI is InChI=1S/C8H11ClN2/c1-6(2)10-8-5-3-4-7(9)11-8/h3-6H,1-2H3,(H,10,11). The molecule has 2 nitrogen and oxygen atoms in total. The number of anilines is 1. The summed E-state index contributed by atoms with van der Waals surface area (Å²) in [4.78, 5) is 4.07. The van der Waals surface area contributed by atoms with Crippen molar-refractivity contribution < 1.29 is 0 Å². The normalized spacial score (nSPS) is 10.2. The molecule has 1 aromatic rings. The molecule has 1 heterocycles. The lowest BCUT2D eigenvalue weighted by molar-refractivity contribution is 0.889. The van der Waals surface area contributed by atoms with Gasteiger partial charge in [0.1, 0.15) is 11.0 Å². The van der Waals surface area contributed by atoms with Crippen molar-refractivity contribution in [3.8, 4) is 0 Å². The van der Waals surface area contributed by atoms with Crippen molar-refractivity contribution in [3.05, 3.63) is 23.4 Å². The Morgan fingerprint density at radius 3 is 2.73 bits per heavy atom. The third-order valence-corrected chi connectivity index (χ3v) is 1.36. The first-order chi connectivity index (χ1) is 5.18. The zero-order chi connectivity index (χ0) is 8.27. The Bertz CT molecular complexity index is 235. The molecule has 0 bridgehead atoms. The highest BCUT2D eigenvalue weighted by Crippen LogP contribution is 2.09. The van der Waals surface area contributed by atoms with Crippen molar-refractivity contribution in [3.63, 3.8) is 0 Å². The summed E-state index contributed by atoms with van der Waals surface area (Å²) in [6.07, 6.45) is 0. The molecule has 3 heteroatoms. The lowest BCUT2D eigenvalue weighted by Gasteiger charge is -2.07. The molecule has 0 amide bonds. The van der Waals surface area contributed by atoms with E-state index >= 15 is 0 Å². The van der Waals surface area contributed by atoms with Gasteiger partial charge in [0, 0.05) is 6.04 Å². The van der Waals surface area contributed by atoms with Crippen molar-refractivity contribution in [1.82, 2.24) is 4.98 Å². The lowest BCUT2D eigenvalue weighted by atomic mass is 10.4. The zero-order valence-corrected chi connectivity index (χ0v) is 7.39. The van der Waals surface area contributed by atoms with E-state index in [1.165, 1.54) is 0 Å². The molecular formula is C8H11ClN2. The van der Waals surface area contributed by atoms with Crippen LogP contribution in [0.4, 0.5) is 5.82 Å². The average Bonchev–Trinajstić information content (AvgIpc) is 1.85. The Kier molecular flexibility index (Phi) is 2.71. The van der Waals surface area contributed by atoms with E-state index in [1.807, 2.05) is 12.1 Å². The lowest BCUT2D eigenvalue weighted by Crippen LogP contribution is -2.10. The third kappa shape index (κ3) is 2.76. The van der Waals surface area contributed by atoms with E-state index in [4.69, 9.17) is 11.6 Å². The zero-order valence-electron chi connectivity index (χ0n) is 6.63. The van der Waals surface area contributed by atoms with Crippen LogP contribution in [0.2, 0.25) is 5.15 Å². The largest absolute Gasteiger partial charge is 0.368 e. The van der Waals surface area contributed by atoms with Gasteiger partial charge in [0.25, 0.3) is 0 Å². The second-order valence-electron chi connectivity index (χ2n) is 2.64. The molecule has 0 aliphatic heterocycles. The van der Waals surface area contributed by atoms with E-state index in [-0.39, 0.29) is 0 Å². The quantitative estimate of drug-likeness (QED) is 0.691. The van der Waals surface area contributed by atoms with Gasteiger partial charge in [-0.3, -0.25) is 0 Å². The van der Waals surface area contributed by atoms with Gasteiger partial charge in [-0.05, 0) is 26.0 Å². The van der Waals surface area contributed by atoms with Crippen molar-refractivity contribution in [1.29, 1.82) is 0 Å². The van der Waals surface area contributed by atoms with Crippen LogP contribution in [0.1, 0.15) is 13.8 Å². The number of rotatable bonds is 2. The van der Waals surface area contributed by atoms with E-state index in [0.717, 1.165) is 5.82 Å². The van der Waals surface area contributed by atoms with Crippen LogP contribution in [0.15, 0.2) is 18.2 Å². The number of nitrogens with one attached hydrogen (secondary N) is 1. The summed E-state index contributed by atoms with van der Waals surface area (Å²) in [7, 11) is 0. The number of hydrogen-bond donors (Lipinski definition) is 1. The third-order valence-electron chi connectivity index (χ3n) is 1.15. The highest BCUT2D eigenvalue weighted by molar-refractivity contribution is 6.29. The molecular weight excluding hydrogens is 160 g/mol. The second-order valence-corrected chi connectivity index (χ2v) is 3.03. The van der Waals surface area contributed by atoms with Crippen molar-refractivity contribution in [2.24, 2.45) is 0 Å². The average molecular weight is 171 g/mol. The molecule has 0 atom stereocenters. The van der Waals surface area contributed by atoms with E-state index in [0.29, 0.717) is 11.2 Å². The first-order valence-corrected chi connectivity index (χ1v) is 3.95. The van der Waals surface area contributed by atoms with Crippen LogP contribution >= 0.6 is 11.6 Å². The van der Waals surface area contributed by atoms with Gasteiger partial charge in [0.15, 0.2) is 0 Å². The van der Waals surface area contributed by atoms with Crippen LogP contribution in [0.5, 0.6) is 0 Å². The minimum atomic E-state index is 0.390. The fraction of sp³-hybridized carbons (Fsp3) is 0.375. The van der Waals surface area contributed by atoms with Crippen LogP contribution in [0.3, 0.4) is 0 Å². The van der Waals surface area contributed by atoms with Crippen LogP contribution in [-0.4, -0.2) is 11.0 Å². The second kappa shape index (κ2) is 3.58. The van der Waals surface area contributed by atoms with E-state index < -0.39 is 0 Å². The first kappa shape index (κ1) is 8.34. The predicted molar refractivity (Wildman–Crippen MR) is 48.0 cm³/mol. The van der Waals surface area contributed by atoms with Gasteiger partial charge in [0.05, 0.1) is 0 Å². The summed E-state index contributed by atoms with van der Waals surface area (Å²) in [5.74, 6) is 0.826. The highest BCUT2D eigenvalue weighted by atomic mass is 35.5. The number of halogens is 1. The van der Waals surface area contributed by atoms with Crippen LogP contribution < -0.4 is 5.32 Å². The van der Waals surface area contributed by atoms with E-state index in [9.17, 15) is 0 Å². The number of nitrogens with zero attached hydrogens (tertiary/aromatic N) is 1. The fourth-order valence-electron chi connectivity index (χ4n) is 0.784. The minimum absolute atomic E-state index is 0.390. The molecule has 1 rings (SSSR count). The van der Waals surface area contributed by atoms with Gasteiger partial charge in [-0.1, -0.05) is 17.7 Å². The molecule has 0 unspecified atom stereocenters. The molecule has 60 valence electrons. The van der Waals surface area contributed by atoms with Crippen molar-refractivity contribution in [2.75, 3.05) is 5.32 Å². The predicted octanol–water partition coefficient (Wildman–Crippen LogP) is 2.56. The van der Waals surface area contributed by atoms with Gasteiger partial charge in [-0.2, -0.15) is 0 Å². The van der Waals surface area contributed by atoms with Crippen LogP contribution in [-0.2, 0) is 0 Å².